The van der Waals surface area contributed by atoms with Crippen LogP contribution in [0.2, 0.25) is 0 Å². The molecule has 0 saturated heterocycles. The van der Waals surface area contributed by atoms with Gasteiger partial charge in [0, 0.05) is 23.1 Å². The van der Waals surface area contributed by atoms with E-state index in [9.17, 15) is 14.4 Å². The average Bonchev–Trinajstić information content (AvgIpc) is 2.76. The number of ether oxygens (including phenoxy) is 2. The first kappa shape index (κ1) is 23.1. The summed E-state index contributed by atoms with van der Waals surface area (Å²) in [5.74, 6) is -1.98. The standard InChI is InChI=1S/C24H29NO5S/c1-5-31-12-11-30-24(28)19-15(3)25-17-13-14(2)18(23(27)29-4)22(26)21(17)20(19)16-9-7-6-8-10-16/h6-10,13-14,18,20-21,25H,5,11-12H2,1-4H3. The highest BCUT2D eigenvalue weighted by atomic mass is 32.2. The molecule has 1 aliphatic heterocycles. The molecule has 1 aliphatic carbocycles. The number of allylic oxidation sites excluding steroid dienone is 3. The highest BCUT2D eigenvalue weighted by molar-refractivity contribution is 7.99. The van der Waals surface area contributed by atoms with Gasteiger partial charge in [-0.2, -0.15) is 11.8 Å². The van der Waals surface area contributed by atoms with Crippen LogP contribution in [0, 0.1) is 17.8 Å². The number of ketones is 1. The second kappa shape index (κ2) is 10.2. The third kappa shape index (κ3) is 4.71. The van der Waals surface area contributed by atoms with Crippen molar-refractivity contribution in [3.8, 4) is 0 Å². The number of Topliss-reactive ketones (excluding diaryl/α,β-unsaturated/α-hetero) is 1. The molecule has 3 rings (SSSR count). The highest BCUT2D eigenvalue weighted by Gasteiger charge is 2.50. The molecule has 166 valence electrons. The zero-order chi connectivity index (χ0) is 22.5. The van der Waals surface area contributed by atoms with Gasteiger partial charge < -0.3 is 14.8 Å². The van der Waals surface area contributed by atoms with Gasteiger partial charge in [-0.15, -0.1) is 0 Å². The van der Waals surface area contributed by atoms with Crippen molar-refractivity contribution >= 4 is 29.5 Å². The van der Waals surface area contributed by atoms with Gasteiger partial charge in [-0.05, 0) is 24.2 Å². The molecule has 4 atom stereocenters. The summed E-state index contributed by atoms with van der Waals surface area (Å²) in [4.78, 5) is 39.1. The lowest BCUT2D eigenvalue weighted by Crippen LogP contribution is -2.47. The average molecular weight is 444 g/mol. The number of carbonyl (C=O) groups is 3. The molecule has 0 fully saturated rings. The predicted octanol–water partition coefficient (Wildman–Crippen LogP) is 3.45. The molecule has 1 heterocycles. The van der Waals surface area contributed by atoms with E-state index in [-0.39, 0.29) is 11.7 Å². The van der Waals surface area contributed by atoms with Crippen molar-refractivity contribution in [3.05, 3.63) is 58.9 Å². The molecular formula is C24H29NO5S. The SMILES string of the molecule is CCSCCOC(=O)C1=C(C)NC2=CC(C)C(C(=O)OC)C(=O)C2C1c1ccccc1. The molecule has 0 spiro atoms. The minimum absolute atomic E-state index is 0.238. The third-order valence-corrected chi connectivity index (χ3v) is 6.66. The number of nitrogens with one attached hydrogen (secondary N) is 1. The molecular weight excluding hydrogens is 414 g/mol. The number of carbonyl (C=O) groups excluding carboxylic acids is 3. The molecule has 0 amide bonds. The van der Waals surface area contributed by atoms with Gasteiger partial charge in [-0.1, -0.05) is 50.3 Å². The molecule has 1 aromatic rings. The van der Waals surface area contributed by atoms with Crippen molar-refractivity contribution < 1.29 is 23.9 Å². The molecule has 7 heteroatoms. The Morgan fingerprint density at radius 1 is 1.16 bits per heavy atom. The number of rotatable bonds is 7. The Labute approximate surface area is 187 Å². The van der Waals surface area contributed by atoms with Crippen molar-refractivity contribution in [3.63, 3.8) is 0 Å². The van der Waals surface area contributed by atoms with Gasteiger partial charge in [0.1, 0.15) is 12.5 Å². The Hall–Kier alpha value is -2.54. The maximum absolute atomic E-state index is 13.6. The normalized spacial score (nSPS) is 25.3. The number of thioether (sulfide) groups is 1. The maximum atomic E-state index is 13.6. The van der Waals surface area contributed by atoms with Gasteiger partial charge in [0.15, 0.2) is 5.78 Å². The number of methoxy groups -OCH3 is 1. The lowest BCUT2D eigenvalue weighted by molar-refractivity contribution is -0.152. The molecule has 2 aliphatic rings. The first-order chi connectivity index (χ1) is 14.9. The van der Waals surface area contributed by atoms with Gasteiger partial charge >= 0.3 is 11.9 Å². The van der Waals surface area contributed by atoms with E-state index < -0.39 is 29.7 Å². The summed E-state index contributed by atoms with van der Waals surface area (Å²) in [5.41, 5.74) is 2.66. The molecule has 0 radical (unpaired) electrons. The topological polar surface area (TPSA) is 81.7 Å². The fraction of sp³-hybridized carbons (Fsp3) is 0.458. The van der Waals surface area contributed by atoms with E-state index in [2.05, 4.69) is 12.2 Å². The van der Waals surface area contributed by atoms with Crippen LogP contribution in [0.3, 0.4) is 0 Å². The van der Waals surface area contributed by atoms with E-state index in [1.54, 1.807) is 11.8 Å². The summed E-state index contributed by atoms with van der Waals surface area (Å²) in [6.45, 7) is 6.01. The van der Waals surface area contributed by atoms with Crippen molar-refractivity contribution in [1.82, 2.24) is 5.32 Å². The van der Waals surface area contributed by atoms with Crippen molar-refractivity contribution in [2.24, 2.45) is 17.8 Å². The van der Waals surface area contributed by atoms with Crippen molar-refractivity contribution in [2.45, 2.75) is 26.7 Å². The molecule has 4 unspecified atom stereocenters. The monoisotopic (exact) mass is 443 g/mol. The Bertz CT molecular complexity index is 908. The fourth-order valence-corrected chi connectivity index (χ4v) is 4.90. The number of benzene rings is 1. The Balaban J connectivity index is 2.05. The van der Waals surface area contributed by atoms with E-state index in [0.29, 0.717) is 23.6 Å². The largest absolute Gasteiger partial charge is 0.468 e. The van der Waals surface area contributed by atoms with Crippen LogP contribution in [0.4, 0.5) is 0 Å². The summed E-state index contributed by atoms with van der Waals surface area (Å²) < 4.78 is 10.5. The van der Waals surface area contributed by atoms with Crippen LogP contribution >= 0.6 is 11.8 Å². The molecule has 0 bridgehead atoms. The predicted molar refractivity (Wildman–Crippen MR) is 120 cm³/mol. The second-order valence-electron chi connectivity index (χ2n) is 7.75. The van der Waals surface area contributed by atoms with Crippen LogP contribution in [0.5, 0.6) is 0 Å². The molecule has 1 N–H and O–H groups in total. The first-order valence-electron chi connectivity index (χ1n) is 10.5. The quantitative estimate of drug-likeness (QED) is 0.393. The van der Waals surface area contributed by atoms with Crippen LogP contribution in [-0.4, -0.2) is 42.9 Å². The lowest BCUT2D eigenvalue weighted by Gasteiger charge is -2.41. The summed E-state index contributed by atoms with van der Waals surface area (Å²) in [6.07, 6.45) is 1.91. The Morgan fingerprint density at radius 3 is 2.52 bits per heavy atom. The van der Waals surface area contributed by atoms with Crippen LogP contribution in [0.1, 0.15) is 32.3 Å². The van der Waals surface area contributed by atoms with Gasteiger partial charge in [-0.25, -0.2) is 4.79 Å². The Kier molecular flexibility index (Phi) is 7.59. The van der Waals surface area contributed by atoms with Crippen molar-refractivity contribution in [1.29, 1.82) is 0 Å². The van der Waals surface area contributed by atoms with E-state index in [0.717, 1.165) is 17.0 Å². The third-order valence-electron chi connectivity index (χ3n) is 5.80. The van der Waals surface area contributed by atoms with E-state index in [1.165, 1.54) is 7.11 Å². The molecule has 0 aromatic heterocycles. The minimum atomic E-state index is -0.900. The molecule has 6 nitrogen and oxygen atoms in total. The second-order valence-corrected chi connectivity index (χ2v) is 9.14. The fourth-order valence-electron chi connectivity index (χ4n) is 4.41. The Morgan fingerprint density at radius 2 is 1.87 bits per heavy atom. The van der Waals surface area contributed by atoms with E-state index in [4.69, 9.17) is 9.47 Å². The summed E-state index contributed by atoms with van der Waals surface area (Å²) in [6, 6.07) is 9.45. The van der Waals surface area contributed by atoms with Gasteiger partial charge in [-0.3, -0.25) is 9.59 Å². The van der Waals surface area contributed by atoms with Crippen LogP contribution in [-0.2, 0) is 23.9 Å². The maximum Gasteiger partial charge on any atom is 0.336 e. The summed E-state index contributed by atoms with van der Waals surface area (Å²) in [5, 5.41) is 3.25. The van der Waals surface area contributed by atoms with Crippen LogP contribution < -0.4 is 5.32 Å². The van der Waals surface area contributed by atoms with Crippen LogP contribution in [0.25, 0.3) is 0 Å². The number of hydrogen-bond acceptors (Lipinski definition) is 7. The van der Waals surface area contributed by atoms with Gasteiger partial charge in [0.05, 0.1) is 18.6 Å². The molecule has 1 aromatic carbocycles. The summed E-state index contributed by atoms with van der Waals surface area (Å²) in [7, 11) is 1.29. The van der Waals surface area contributed by atoms with Gasteiger partial charge in [0.2, 0.25) is 0 Å². The van der Waals surface area contributed by atoms with Crippen molar-refractivity contribution in [2.75, 3.05) is 25.2 Å². The lowest BCUT2D eigenvalue weighted by atomic mass is 9.66. The smallest absolute Gasteiger partial charge is 0.336 e. The first-order valence-corrected chi connectivity index (χ1v) is 11.7. The molecule has 31 heavy (non-hydrogen) atoms. The van der Waals surface area contributed by atoms with E-state index >= 15 is 0 Å². The molecule has 0 saturated carbocycles. The van der Waals surface area contributed by atoms with Crippen LogP contribution in [0.15, 0.2) is 53.4 Å². The summed E-state index contributed by atoms with van der Waals surface area (Å²) >= 11 is 1.70. The van der Waals surface area contributed by atoms with E-state index in [1.807, 2.05) is 50.3 Å². The zero-order valence-corrected chi connectivity index (χ0v) is 19.2. The number of hydrogen-bond donors (Lipinski definition) is 1. The number of fused-ring (bicyclic) bond motifs is 1. The highest BCUT2D eigenvalue weighted by Crippen LogP contribution is 2.46. The minimum Gasteiger partial charge on any atom is -0.468 e. The zero-order valence-electron chi connectivity index (χ0n) is 18.3. The number of esters is 2. The van der Waals surface area contributed by atoms with Gasteiger partial charge in [0.25, 0.3) is 0 Å².